The molecule has 1 unspecified atom stereocenters. The number of rotatable bonds is 5. The monoisotopic (exact) mass is 223 g/mol. The number of ether oxygens (including phenoxy) is 2. The van der Waals surface area contributed by atoms with Crippen LogP contribution in [0.3, 0.4) is 0 Å². The molecule has 0 N–H and O–H groups in total. The highest BCUT2D eigenvalue weighted by Crippen LogP contribution is 2.27. The maximum Gasteiger partial charge on any atom is 0.118 e. The predicted molar refractivity (Wildman–Crippen MR) is 65.9 cm³/mol. The van der Waals surface area contributed by atoms with Crippen LogP contribution in [0.15, 0.2) is 24.3 Å². The Morgan fingerprint density at radius 3 is 2.06 bits per heavy atom. The van der Waals surface area contributed by atoms with Crippen LogP contribution in [0.1, 0.15) is 12.5 Å². The van der Waals surface area contributed by atoms with E-state index in [1.807, 2.05) is 12.1 Å². The lowest BCUT2D eigenvalue weighted by molar-refractivity contribution is 0.0511. The Labute approximate surface area is 98.0 Å². The molecule has 0 radical (unpaired) electrons. The first-order valence-corrected chi connectivity index (χ1v) is 5.35. The van der Waals surface area contributed by atoms with Crippen molar-refractivity contribution in [2.75, 3.05) is 34.9 Å². The molecule has 0 aliphatic carbocycles. The van der Waals surface area contributed by atoms with Gasteiger partial charge >= 0.3 is 0 Å². The van der Waals surface area contributed by atoms with Crippen LogP contribution in [-0.2, 0) is 10.3 Å². The van der Waals surface area contributed by atoms with Gasteiger partial charge in [0, 0.05) is 7.11 Å². The van der Waals surface area contributed by atoms with E-state index >= 15 is 0 Å². The lowest BCUT2D eigenvalue weighted by Gasteiger charge is -2.36. The topological polar surface area (TPSA) is 21.7 Å². The lowest BCUT2D eigenvalue weighted by Crippen LogP contribution is -2.42. The van der Waals surface area contributed by atoms with Crippen molar-refractivity contribution in [2.45, 2.75) is 12.5 Å². The maximum absolute atomic E-state index is 5.31. The van der Waals surface area contributed by atoms with Crippen molar-refractivity contribution >= 4 is 0 Å². The second-order valence-corrected chi connectivity index (χ2v) is 4.33. The van der Waals surface area contributed by atoms with Crippen LogP contribution in [0.4, 0.5) is 0 Å². The first-order valence-electron chi connectivity index (χ1n) is 5.35. The second-order valence-electron chi connectivity index (χ2n) is 4.33. The van der Waals surface area contributed by atoms with Gasteiger partial charge in [0.15, 0.2) is 0 Å². The number of likely N-dealkylation sites (N-methyl/N-ethyl adjacent to an activating group) is 1. The molecule has 0 saturated heterocycles. The molecule has 0 aliphatic rings. The van der Waals surface area contributed by atoms with E-state index in [0.717, 1.165) is 5.75 Å². The molecule has 0 bridgehead atoms. The van der Waals surface area contributed by atoms with Gasteiger partial charge in [0.05, 0.1) is 19.3 Å². The third kappa shape index (κ3) is 2.54. The molecule has 0 heterocycles. The van der Waals surface area contributed by atoms with Crippen molar-refractivity contribution in [2.24, 2.45) is 0 Å². The smallest absolute Gasteiger partial charge is 0.118 e. The van der Waals surface area contributed by atoms with Gasteiger partial charge in [0.1, 0.15) is 5.75 Å². The molecule has 0 spiro atoms. The molecule has 3 nitrogen and oxygen atoms in total. The summed E-state index contributed by atoms with van der Waals surface area (Å²) in [6.07, 6.45) is 0. The zero-order valence-electron chi connectivity index (χ0n) is 10.8. The largest absolute Gasteiger partial charge is 0.497 e. The molecule has 0 aliphatic heterocycles. The molecule has 1 atom stereocenters. The summed E-state index contributed by atoms with van der Waals surface area (Å²) in [7, 11) is 7.52. The number of methoxy groups -OCH3 is 2. The van der Waals surface area contributed by atoms with E-state index < -0.39 is 0 Å². The fourth-order valence-corrected chi connectivity index (χ4v) is 1.70. The van der Waals surface area contributed by atoms with Crippen molar-refractivity contribution < 1.29 is 9.47 Å². The van der Waals surface area contributed by atoms with Crippen molar-refractivity contribution in [3.05, 3.63) is 29.8 Å². The van der Waals surface area contributed by atoms with Crippen LogP contribution in [0.5, 0.6) is 5.75 Å². The first kappa shape index (κ1) is 13.0. The molecule has 16 heavy (non-hydrogen) atoms. The molecular weight excluding hydrogens is 202 g/mol. The van der Waals surface area contributed by atoms with Gasteiger partial charge in [-0.3, -0.25) is 4.90 Å². The third-order valence-electron chi connectivity index (χ3n) is 3.12. The zero-order valence-corrected chi connectivity index (χ0v) is 10.8. The van der Waals surface area contributed by atoms with Gasteiger partial charge in [0.25, 0.3) is 0 Å². The number of benzene rings is 1. The fourth-order valence-electron chi connectivity index (χ4n) is 1.70. The Morgan fingerprint density at radius 2 is 1.69 bits per heavy atom. The van der Waals surface area contributed by atoms with E-state index in [0.29, 0.717) is 6.61 Å². The summed E-state index contributed by atoms with van der Waals surface area (Å²) >= 11 is 0. The Morgan fingerprint density at radius 1 is 1.12 bits per heavy atom. The lowest BCUT2D eigenvalue weighted by atomic mass is 9.91. The zero-order chi connectivity index (χ0) is 12.2. The maximum atomic E-state index is 5.31. The SMILES string of the molecule is COCC(C)(c1ccc(OC)cc1)N(C)C. The number of hydrogen-bond acceptors (Lipinski definition) is 3. The molecule has 1 aromatic carbocycles. The van der Waals surface area contributed by atoms with Crippen molar-refractivity contribution in [1.82, 2.24) is 4.90 Å². The summed E-state index contributed by atoms with van der Waals surface area (Å²) in [6, 6.07) is 8.12. The number of nitrogens with zero attached hydrogens (tertiary/aromatic N) is 1. The van der Waals surface area contributed by atoms with E-state index in [4.69, 9.17) is 9.47 Å². The van der Waals surface area contributed by atoms with Gasteiger partial charge in [0.2, 0.25) is 0 Å². The summed E-state index contributed by atoms with van der Waals surface area (Å²) in [4.78, 5) is 2.16. The minimum absolute atomic E-state index is 0.110. The number of hydrogen-bond donors (Lipinski definition) is 0. The van der Waals surface area contributed by atoms with Crippen LogP contribution in [0.2, 0.25) is 0 Å². The van der Waals surface area contributed by atoms with Crippen molar-refractivity contribution in [3.8, 4) is 5.75 Å². The van der Waals surface area contributed by atoms with E-state index in [9.17, 15) is 0 Å². The normalized spacial score (nSPS) is 14.9. The summed E-state index contributed by atoms with van der Waals surface area (Å²) in [5.41, 5.74) is 1.11. The summed E-state index contributed by atoms with van der Waals surface area (Å²) < 4.78 is 10.5. The summed E-state index contributed by atoms with van der Waals surface area (Å²) in [5, 5.41) is 0. The molecule has 0 fully saturated rings. The van der Waals surface area contributed by atoms with Crippen LogP contribution in [0, 0.1) is 0 Å². The van der Waals surface area contributed by atoms with E-state index in [1.54, 1.807) is 14.2 Å². The second kappa shape index (κ2) is 5.32. The average Bonchev–Trinajstić information content (AvgIpc) is 2.29. The third-order valence-corrected chi connectivity index (χ3v) is 3.12. The van der Waals surface area contributed by atoms with Gasteiger partial charge < -0.3 is 9.47 Å². The molecule has 0 saturated carbocycles. The molecular formula is C13H21NO2. The Kier molecular flexibility index (Phi) is 4.33. The first-order chi connectivity index (χ1) is 7.54. The van der Waals surface area contributed by atoms with Gasteiger partial charge in [-0.25, -0.2) is 0 Å². The van der Waals surface area contributed by atoms with Crippen LogP contribution in [-0.4, -0.2) is 39.8 Å². The highest BCUT2D eigenvalue weighted by Gasteiger charge is 2.28. The minimum Gasteiger partial charge on any atom is -0.497 e. The van der Waals surface area contributed by atoms with Crippen molar-refractivity contribution in [1.29, 1.82) is 0 Å². The van der Waals surface area contributed by atoms with Crippen LogP contribution >= 0.6 is 0 Å². The highest BCUT2D eigenvalue weighted by atomic mass is 16.5. The summed E-state index contributed by atoms with van der Waals surface area (Å²) in [6.45, 7) is 2.82. The van der Waals surface area contributed by atoms with E-state index in [2.05, 4.69) is 38.1 Å². The van der Waals surface area contributed by atoms with Crippen molar-refractivity contribution in [3.63, 3.8) is 0 Å². The predicted octanol–water partition coefficient (Wildman–Crippen LogP) is 2.12. The quantitative estimate of drug-likeness (QED) is 0.763. The Balaban J connectivity index is 3.01. The molecule has 3 heteroatoms. The van der Waals surface area contributed by atoms with Gasteiger partial charge in [-0.1, -0.05) is 12.1 Å². The van der Waals surface area contributed by atoms with Gasteiger partial charge in [-0.15, -0.1) is 0 Å². The Bertz CT molecular complexity index is 321. The average molecular weight is 223 g/mol. The highest BCUT2D eigenvalue weighted by molar-refractivity contribution is 5.31. The summed E-state index contributed by atoms with van der Waals surface area (Å²) in [5.74, 6) is 0.877. The van der Waals surface area contributed by atoms with E-state index in [-0.39, 0.29) is 5.54 Å². The molecule has 0 amide bonds. The van der Waals surface area contributed by atoms with Crippen LogP contribution in [0.25, 0.3) is 0 Å². The molecule has 0 aromatic heterocycles. The fraction of sp³-hybridized carbons (Fsp3) is 0.538. The van der Waals surface area contributed by atoms with E-state index in [1.165, 1.54) is 5.56 Å². The molecule has 1 rings (SSSR count). The molecule has 1 aromatic rings. The van der Waals surface area contributed by atoms with Crippen LogP contribution < -0.4 is 4.74 Å². The minimum atomic E-state index is -0.110. The van der Waals surface area contributed by atoms with Gasteiger partial charge in [-0.2, -0.15) is 0 Å². The standard InChI is InChI=1S/C13H21NO2/c1-13(10-15-4,14(2)3)11-6-8-12(16-5)9-7-11/h6-9H,10H2,1-5H3. The Hall–Kier alpha value is -1.06. The van der Waals surface area contributed by atoms with Gasteiger partial charge in [-0.05, 0) is 38.7 Å². The molecule has 90 valence electrons.